The van der Waals surface area contributed by atoms with Crippen LogP contribution < -0.4 is 16.9 Å². The van der Waals surface area contributed by atoms with Gasteiger partial charge in [0.1, 0.15) is 0 Å². The molecule has 0 saturated heterocycles. The van der Waals surface area contributed by atoms with E-state index in [1.807, 2.05) is 0 Å². The van der Waals surface area contributed by atoms with Gasteiger partial charge in [-0.3, -0.25) is 0 Å². The van der Waals surface area contributed by atoms with Gasteiger partial charge in [-0.05, 0) is 36.4 Å². The first-order chi connectivity index (χ1) is 11.4. The maximum absolute atomic E-state index is 10.2. The molecule has 0 saturated carbocycles. The van der Waals surface area contributed by atoms with Gasteiger partial charge in [-0.25, -0.2) is 14.4 Å². The molecule has 25 heavy (non-hydrogen) atoms. The van der Waals surface area contributed by atoms with Gasteiger partial charge < -0.3 is 28.6 Å². The second-order valence-electron chi connectivity index (χ2n) is 3.86. The van der Waals surface area contributed by atoms with Crippen LogP contribution in [0.5, 0.6) is 17.2 Å². The molecule has 0 bridgehead atoms. The summed E-state index contributed by atoms with van der Waals surface area (Å²) in [5.74, 6) is -1.06. The molecule has 3 aromatic rings. The standard InChI is InChI=1S/3C5H4O3.Fe/c3*6-4-2-1-3-8-5(4)7;/h3*1-3,6H;. The molecule has 0 atom stereocenters. The molecule has 3 N–H and O–H groups in total. The van der Waals surface area contributed by atoms with E-state index in [2.05, 4.69) is 13.3 Å². The number of aromatic hydroxyl groups is 3. The molecule has 0 radical (unpaired) electrons. The largest absolute Gasteiger partial charge is 0.502 e. The average Bonchev–Trinajstić information content (AvgIpc) is 2.57. The fraction of sp³-hybridized carbons (Fsp3) is 0. The van der Waals surface area contributed by atoms with Gasteiger partial charge in [-0.15, -0.1) is 0 Å². The van der Waals surface area contributed by atoms with Gasteiger partial charge in [0.05, 0.1) is 18.8 Å². The van der Waals surface area contributed by atoms with Gasteiger partial charge in [-0.1, -0.05) is 0 Å². The van der Waals surface area contributed by atoms with Gasteiger partial charge in [-0.2, -0.15) is 0 Å². The maximum atomic E-state index is 10.2. The van der Waals surface area contributed by atoms with Crippen molar-refractivity contribution >= 4 is 0 Å². The molecule has 0 spiro atoms. The maximum Gasteiger partial charge on any atom is 0.378 e. The Morgan fingerprint density at radius 1 is 0.560 bits per heavy atom. The fourth-order valence-corrected chi connectivity index (χ4v) is 1.08. The Morgan fingerprint density at radius 2 is 0.800 bits per heavy atom. The Hall–Kier alpha value is -3.23. The number of rotatable bonds is 0. The van der Waals surface area contributed by atoms with E-state index in [1.54, 1.807) is 0 Å². The summed E-state index contributed by atoms with van der Waals surface area (Å²) in [4.78, 5) is 30.6. The van der Waals surface area contributed by atoms with Crippen molar-refractivity contribution in [2.45, 2.75) is 0 Å². The second kappa shape index (κ2) is 11.3. The normalized spacial score (nSPS) is 8.64. The predicted molar refractivity (Wildman–Crippen MR) is 79.9 cm³/mol. The van der Waals surface area contributed by atoms with Gasteiger partial charge >= 0.3 is 16.9 Å². The first-order valence-corrected chi connectivity index (χ1v) is 6.22. The second-order valence-corrected chi connectivity index (χ2v) is 3.86. The number of hydrogen-bond donors (Lipinski definition) is 3. The monoisotopic (exact) mass is 392 g/mol. The van der Waals surface area contributed by atoms with Crippen molar-refractivity contribution in [2.24, 2.45) is 0 Å². The van der Waals surface area contributed by atoms with Crippen molar-refractivity contribution in [1.29, 1.82) is 0 Å². The summed E-state index contributed by atoms with van der Waals surface area (Å²) in [5.41, 5.74) is -2.10. The van der Waals surface area contributed by atoms with Crippen molar-refractivity contribution in [3.63, 3.8) is 0 Å². The van der Waals surface area contributed by atoms with Gasteiger partial charge in [0.2, 0.25) is 17.2 Å². The summed E-state index contributed by atoms with van der Waals surface area (Å²) < 4.78 is 12.8. The first kappa shape index (κ1) is 21.8. The van der Waals surface area contributed by atoms with Gasteiger partial charge in [0.15, 0.2) is 0 Å². The summed E-state index contributed by atoms with van der Waals surface area (Å²) in [6, 6.07) is 8.13. The van der Waals surface area contributed by atoms with Crippen LogP contribution in [0.15, 0.2) is 82.8 Å². The van der Waals surface area contributed by atoms with E-state index >= 15 is 0 Å². The third kappa shape index (κ3) is 8.26. The van der Waals surface area contributed by atoms with Crippen molar-refractivity contribution in [3.05, 3.63) is 86.4 Å². The summed E-state index contributed by atoms with van der Waals surface area (Å²) in [5, 5.41) is 25.5. The van der Waals surface area contributed by atoms with Gasteiger partial charge in [0.25, 0.3) is 0 Å². The van der Waals surface area contributed by atoms with Crippen LogP contribution >= 0.6 is 0 Å². The Balaban J connectivity index is 0.000000339. The van der Waals surface area contributed by atoms with Crippen LogP contribution in [0.4, 0.5) is 0 Å². The molecule has 134 valence electrons. The van der Waals surface area contributed by atoms with Crippen LogP contribution in [-0.2, 0) is 17.1 Å². The Morgan fingerprint density at radius 3 is 0.920 bits per heavy atom. The van der Waals surface area contributed by atoms with Crippen molar-refractivity contribution in [2.75, 3.05) is 0 Å². The third-order valence-electron chi connectivity index (χ3n) is 2.15. The minimum Gasteiger partial charge on any atom is -0.502 e. The Kier molecular flexibility index (Phi) is 9.86. The molecule has 10 heteroatoms. The Labute approximate surface area is 149 Å². The topological polar surface area (TPSA) is 151 Å². The van der Waals surface area contributed by atoms with Crippen molar-refractivity contribution < 1.29 is 45.6 Å². The summed E-state index contributed by atoms with van der Waals surface area (Å²) in [6.07, 6.45) is 3.63. The van der Waals surface area contributed by atoms with E-state index in [0.717, 1.165) is 0 Å². The number of hydrogen-bond acceptors (Lipinski definition) is 9. The molecular formula is C15H12FeO9. The molecule has 3 aromatic heterocycles. The molecule has 0 amide bonds. The van der Waals surface area contributed by atoms with Gasteiger partial charge in [0, 0.05) is 17.1 Å². The van der Waals surface area contributed by atoms with Crippen LogP contribution in [0.25, 0.3) is 0 Å². The zero-order valence-corrected chi connectivity index (χ0v) is 13.4. The smallest absolute Gasteiger partial charge is 0.378 e. The predicted octanol–water partition coefficient (Wildman–Crippen LogP) is 1.03. The summed E-state index contributed by atoms with van der Waals surface area (Å²) >= 11 is 0. The third-order valence-corrected chi connectivity index (χ3v) is 2.15. The summed E-state index contributed by atoms with van der Waals surface area (Å²) in [7, 11) is 0. The molecule has 0 fully saturated rings. The quantitative estimate of drug-likeness (QED) is 0.477. The van der Waals surface area contributed by atoms with Crippen molar-refractivity contribution in [3.8, 4) is 17.2 Å². The molecule has 0 unspecified atom stereocenters. The SMILES string of the molecule is O=c1occcc1O.O=c1occcc1O.O=c1occcc1O.[Fe]. The van der Waals surface area contributed by atoms with Crippen LogP contribution in [0, 0.1) is 0 Å². The minimum absolute atomic E-state index is 0. The molecule has 0 aromatic carbocycles. The molecule has 9 nitrogen and oxygen atoms in total. The van der Waals surface area contributed by atoms with E-state index < -0.39 is 16.9 Å². The fourth-order valence-electron chi connectivity index (χ4n) is 1.08. The average molecular weight is 392 g/mol. The molecule has 3 heterocycles. The molecule has 3 rings (SSSR count). The van der Waals surface area contributed by atoms with Crippen LogP contribution in [0.2, 0.25) is 0 Å². The zero-order valence-electron chi connectivity index (χ0n) is 12.3. The molecule has 0 aliphatic carbocycles. The molecule has 0 aliphatic rings. The first-order valence-electron chi connectivity index (χ1n) is 6.22. The molecule has 0 aliphatic heterocycles. The van der Waals surface area contributed by atoms with Crippen LogP contribution in [0.3, 0.4) is 0 Å². The Bertz CT molecular complexity index is 804. The zero-order chi connectivity index (χ0) is 17.9. The van der Waals surface area contributed by atoms with E-state index in [1.165, 1.54) is 55.2 Å². The van der Waals surface area contributed by atoms with Crippen LogP contribution in [-0.4, -0.2) is 15.3 Å². The molecular weight excluding hydrogens is 380 g/mol. The summed E-state index contributed by atoms with van der Waals surface area (Å²) in [6.45, 7) is 0. The van der Waals surface area contributed by atoms with Crippen molar-refractivity contribution in [1.82, 2.24) is 0 Å². The van der Waals surface area contributed by atoms with Crippen LogP contribution in [0.1, 0.15) is 0 Å². The minimum atomic E-state index is -0.701. The van der Waals surface area contributed by atoms with E-state index in [9.17, 15) is 14.4 Å². The van der Waals surface area contributed by atoms with E-state index in [4.69, 9.17) is 15.3 Å². The van der Waals surface area contributed by atoms with E-state index in [0.29, 0.717) is 0 Å². The van der Waals surface area contributed by atoms with E-state index in [-0.39, 0.29) is 34.3 Å².